The second kappa shape index (κ2) is 6.42. The molecule has 1 N–H and O–H groups in total. The van der Waals surface area contributed by atoms with Crippen molar-refractivity contribution in [3.63, 3.8) is 0 Å². The van der Waals surface area contributed by atoms with Gasteiger partial charge in [-0.05, 0) is 48.2 Å². The Morgan fingerprint density at radius 1 is 1.00 bits per heavy atom. The Morgan fingerprint density at radius 3 is 2.00 bits per heavy atom. The standard InChI is InChI=1S/C18H18Cl2O3/c1-10-5-12(7-14(19)16(10)22)18(3,4)13-6-11(2)17(23-9-21)15(20)8-13/h5-9,22H,1-4H3. The topological polar surface area (TPSA) is 46.5 Å². The predicted molar refractivity (Wildman–Crippen MR) is 92.9 cm³/mol. The molecule has 5 heteroatoms. The lowest BCUT2D eigenvalue weighted by Gasteiger charge is -2.28. The van der Waals surface area contributed by atoms with Crippen molar-refractivity contribution in [3.8, 4) is 11.5 Å². The Balaban J connectivity index is 2.58. The summed E-state index contributed by atoms with van der Waals surface area (Å²) in [5.41, 5.74) is 3.01. The molecule has 0 unspecified atom stereocenters. The van der Waals surface area contributed by atoms with E-state index in [0.29, 0.717) is 27.8 Å². The fourth-order valence-electron chi connectivity index (χ4n) is 2.55. The van der Waals surface area contributed by atoms with E-state index in [-0.39, 0.29) is 5.75 Å². The van der Waals surface area contributed by atoms with Crippen molar-refractivity contribution in [1.29, 1.82) is 0 Å². The third kappa shape index (κ3) is 3.31. The van der Waals surface area contributed by atoms with Crippen molar-refractivity contribution < 1.29 is 14.6 Å². The van der Waals surface area contributed by atoms with Gasteiger partial charge in [-0.2, -0.15) is 0 Å². The number of aryl methyl sites for hydroxylation is 2. The van der Waals surface area contributed by atoms with E-state index in [9.17, 15) is 9.90 Å². The number of halogens is 2. The fraction of sp³-hybridized carbons (Fsp3) is 0.278. The quantitative estimate of drug-likeness (QED) is 0.771. The molecule has 0 saturated carbocycles. The Kier molecular flexibility index (Phi) is 4.92. The highest BCUT2D eigenvalue weighted by molar-refractivity contribution is 6.32. The molecule has 0 fully saturated rings. The number of phenolic OH excluding ortho intramolecular Hbond substituents is 1. The van der Waals surface area contributed by atoms with Crippen molar-refractivity contribution in [1.82, 2.24) is 0 Å². The lowest BCUT2D eigenvalue weighted by Crippen LogP contribution is -2.19. The van der Waals surface area contributed by atoms with E-state index in [1.54, 1.807) is 19.1 Å². The highest BCUT2D eigenvalue weighted by atomic mass is 35.5. The highest BCUT2D eigenvalue weighted by Gasteiger charge is 2.26. The van der Waals surface area contributed by atoms with Crippen LogP contribution in [-0.4, -0.2) is 11.6 Å². The summed E-state index contributed by atoms with van der Waals surface area (Å²) in [6.07, 6.45) is 0. The number of benzene rings is 2. The van der Waals surface area contributed by atoms with Gasteiger partial charge in [-0.1, -0.05) is 49.2 Å². The number of carbonyl (C=O) groups excluding carboxylic acids is 1. The van der Waals surface area contributed by atoms with Crippen molar-refractivity contribution >= 4 is 29.7 Å². The molecule has 0 amide bonds. The number of phenols is 1. The molecule has 0 aromatic heterocycles. The molecule has 0 saturated heterocycles. The molecule has 2 aromatic carbocycles. The van der Waals surface area contributed by atoms with Crippen LogP contribution in [-0.2, 0) is 10.2 Å². The minimum atomic E-state index is -0.393. The summed E-state index contributed by atoms with van der Waals surface area (Å²) in [4.78, 5) is 10.6. The molecule has 0 aliphatic heterocycles. The number of carbonyl (C=O) groups is 1. The highest BCUT2D eigenvalue weighted by Crippen LogP contribution is 2.40. The van der Waals surface area contributed by atoms with Crippen LogP contribution in [0.3, 0.4) is 0 Å². The van der Waals surface area contributed by atoms with E-state index in [4.69, 9.17) is 27.9 Å². The van der Waals surface area contributed by atoms with Crippen LogP contribution in [0.15, 0.2) is 24.3 Å². The Hall–Kier alpha value is -1.71. The van der Waals surface area contributed by atoms with Gasteiger partial charge in [0, 0.05) is 5.41 Å². The van der Waals surface area contributed by atoms with Crippen molar-refractivity contribution in [2.24, 2.45) is 0 Å². The molecule has 0 bridgehead atoms. The number of hydrogen-bond acceptors (Lipinski definition) is 3. The molecule has 2 aromatic rings. The van der Waals surface area contributed by atoms with Crippen LogP contribution >= 0.6 is 23.2 Å². The third-order valence-corrected chi connectivity index (χ3v) is 4.66. The van der Waals surface area contributed by atoms with E-state index in [1.165, 1.54) is 0 Å². The minimum Gasteiger partial charge on any atom is -0.506 e. The SMILES string of the molecule is Cc1cc(C(C)(C)c2cc(C)c(OC=O)c(Cl)c2)cc(Cl)c1O. The number of hydrogen-bond donors (Lipinski definition) is 1. The average molecular weight is 353 g/mol. The molecule has 0 aliphatic rings. The second-order valence-electron chi connectivity index (χ2n) is 6.07. The van der Waals surface area contributed by atoms with Gasteiger partial charge in [-0.3, -0.25) is 4.79 Å². The normalized spacial score (nSPS) is 11.4. The van der Waals surface area contributed by atoms with Crippen LogP contribution in [0.5, 0.6) is 11.5 Å². The first-order valence-corrected chi connectivity index (χ1v) is 7.84. The maximum Gasteiger partial charge on any atom is 0.298 e. The molecule has 3 nitrogen and oxygen atoms in total. The molecule has 0 radical (unpaired) electrons. The van der Waals surface area contributed by atoms with Gasteiger partial charge in [-0.25, -0.2) is 0 Å². The molecule has 0 heterocycles. The molecule has 23 heavy (non-hydrogen) atoms. The van der Waals surface area contributed by atoms with Crippen LogP contribution in [0.1, 0.15) is 36.1 Å². The summed E-state index contributed by atoms with van der Waals surface area (Å²) < 4.78 is 4.93. The number of rotatable bonds is 4. The average Bonchev–Trinajstić information content (AvgIpc) is 2.47. The summed E-state index contributed by atoms with van der Waals surface area (Å²) in [5.74, 6) is 0.455. The molecule has 0 spiro atoms. The van der Waals surface area contributed by atoms with Crippen LogP contribution in [0.2, 0.25) is 10.0 Å². The smallest absolute Gasteiger partial charge is 0.298 e. The van der Waals surface area contributed by atoms with E-state index in [1.807, 2.05) is 32.9 Å². The fourth-order valence-corrected chi connectivity index (χ4v) is 3.13. The van der Waals surface area contributed by atoms with Gasteiger partial charge in [0.1, 0.15) is 5.75 Å². The van der Waals surface area contributed by atoms with Gasteiger partial charge in [0.15, 0.2) is 5.75 Å². The molecule has 2 rings (SSSR count). The maximum absolute atomic E-state index is 10.6. The van der Waals surface area contributed by atoms with Gasteiger partial charge >= 0.3 is 0 Å². The minimum absolute atomic E-state index is 0.0927. The van der Waals surface area contributed by atoms with E-state index in [2.05, 4.69) is 0 Å². The van der Waals surface area contributed by atoms with Gasteiger partial charge in [-0.15, -0.1) is 0 Å². The van der Waals surface area contributed by atoms with E-state index >= 15 is 0 Å². The number of ether oxygens (including phenoxy) is 1. The zero-order chi connectivity index (χ0) is 17.4. The lowest BCUT2D eigenvalue weighted by atomic mass is 9.77. The Bertz CT molecular complexity index is 721. The summed E-state index contributed by atoms with van der Waals surface area (Å²) in [6.45, 7) is 8.09. The van der Waals surface area contributed by atoms with E-state index in [0.717, 1.165) is 16.7 Å². The molecule has 0 atom stereocenters. The van der Waals surface area contributed by atoms with Crippen molar-refractivity contribution in [2.45, 2.75) is 33.1 Å². The second-order valence-corrected chi connectivity index (χ2v) is 6.88. The third-order valence-electron chi connectivity index (χ3n) is 4.09. The molecule has 0 aliphatic carbocycles. The summed E-state index contributed by atoms with van der Waals surface area (Å²) in [7, 11) is 0. The summed E-state index contributed by atoms with van der Waals surface area (Å²) in [5, 5.41) is 10.5. The zero-order valence-electron chi connectivity index (χ0n) is 13.4. The first kappa shape index (κ1) is 17.6. The van der Waals surface area contributed by atoms with Gasteiger partial charge < -0.3 is 9.84 Å². The van der Waals surface area contributed by atoms with Crippen LogP contribution < -0.4 is 4.74 Å². The summed E-state index contributed by atoms with van der Waals surface area (Å²) >= 11 is 12.4. The van der Waals surface area contributed by atoms with Gasteiger partial charge in [0.25, 0.3) is 6.47 Å². The number of aromatic hydroxyl groups is 1. The first-order valence-electron chi connectivity index (χ1n) is 7.09. The molecule has 122 valence electrons. The Morgan fingerprint density at radius 2 is 1.52 bits per heavy atom. The summed E-state index contributed by atoms with van der Waals surface area (Å²) in [6, 6.07) is 7.37. The van der Waals surface area contributed by atoms with E-state index < -0.39 is 5.41 Å². The van der Waals surface area contributed by atoms with Crippen LogP contribution in [0, 0.1) is 13.8 Å². The predicted octanol–water partition coefficient (Wildman–Crippen LogP) is 5.18. The van der Waals surface area contributed by atoms with Crippen LogP contribution in [0.4, 0.5) is 0 Å². The van der Waals surface area contributed by atoms with Crippen molar-refractivity contribution in [2.75, 3.05) is 0 Å². The van der Waals surface area contributed by atoms with Gasteiger partial charge in [0.2, 0.25) is 0 Å². The first-order chi connectivity index (χ1) is 10.7. The zero-order valence-corrected chi connectivity index (χ0v) is 14.9. The molecular weight excluding hydrogens is 335 g/mol. The molecular formula is C18H18Cl2O3. The van der Waals surface area contributed by atoms with Gasteiger partial charge in [0.05, 0.1) is 10.0 Å². The van der Waals surface area contributed by atoms with Crippen LogP contribution in [0.25, 0.3) is 0 Å². The largest absolute Gasteiger partial charge is 0.506 e. The Labute approximate surface area is 145 Å². The van der Waals surface area contributed by atoms with Crippen molar-refractivity contribution in [3.05, 3.63) is 56.6 Å². The lowest BCUT2D eigenvalue weighted by molar-refractivity contribution is -0.120. The monoisotopic (exact) mass is 352 g/mol. The maximum atomic E-state index is 10.6.